The van der Waals surface area contributed by atoms with Crippen LogP contribution in [0.2, 0.25) is 0 Å². The minimum absolute atomic E-state index is 0.109. The maximum absolute atomic E-state index is 10.2. The fourth-order valence-corrected chi connectivity index (χ4v) is 0.820. The number of methoxy groups -OCH3 is 1. The van der Waals surface area contributed by atoms with Gasteiger partial charge in [-0.3, -0.25) is 4.79 Å². The van der Waals surface area contributed by atoms with Crippen LogP contribution >= 0.6 is 0 Å². The lowest BCUT2D eigenvalue weighted by Gasteiger charge is -2.10. The van der Waals surface area contributed by atoms with Gasteiger partial charge in [-0.15, -0.1) is 0 Å². The highest BCUT2D eigenvalue weighted by Gasteiger charge is 2.09. The van der Waals surface area contributed by atoms with Gasteiger partial charge < -0.3 is 9.84 Å². The van der Waals surface area contributed by atoms with Crippen molar-refractivity contribution in [2.75, 3.05) is 7.11 Å². The van der Waals surface area contributed by atoms with Crippen LogP contribution in [0.5, 0.6) is 0 Å². The third-order valence-electron chi connectivity index (χ3n) is 1.35. The average Bonchev–Trinajstić information content (AvgIpc) is 1.86. The summed E-state index contributed by atoms with van der Waals surface area (Å²) in [5.41, 5.74) is 0. The highest BCUT2D eigenvalue weighted by Crippen LogP contribution is 2.04. The highest BCUT2D eigenvalue weighted by molar-refractivity contribution is 5.67. The molecule has 0 rings (SSSR count). The fraction of sp³-hybridized carbons (Fsp3) is 0.857. The summed E-state index contributed by atoms with van der Waals surface area (Å²) in [4.78, 5) is 10.2. The normalized spacial score (nSPS) is 13.0. The molecule has 1 N–H and O–H groups in total. The molecule has 3 nitrogen and oxygen atoms in total. The first-order valence-electron chi connectivity index (χ1n) is 3.45. The molecule has 0 saturated carbocycles. The summed E-state index contributed by atoms with van der Waals surface area (Å²) < 4.78 is 4.92. The van der Waals surface area contributed by atoms with E-state index in [0.29, 0.717) is 0 Å². The molecule has 1 atom stereocenters. The Hall–Kier alpha value is -0.570. The molecule has 60 valence electrons. The van der Waals surface area contributed by atoms with Gasteiger partial charge in [0.05, 0.1) is 12.5 Å². The molecule has 10 heavy (non-hydrogen) atoms. The summed E-state index contributed by atoms with van der Waals surface area (Å²) >= 11 is 0. The van der Waals surface area contributed by atoms with Crippen molar-refractivity contribution in [1.29, 1.82) is 0 Å². The minimum atomic E-state index is -0.791. The number of ether oxygens (including phenoxy) is 1. The average molecular weight is 146 g/mol. The first-order valence-corrected chi connectivity index (χ1v) is 3.45. The van der Waals surface area contributed by atoms with Gasteiger partial charge in [0.25, 0.3) is 0 Å². The molecule has 0 aromatic rings. The van der Waals surface area contributed by atoms with Crippen molar-refractivity contribution in [3.63, 3.8) is 0 Å². The first-order chi connectivity index (χ1) is 4.70. The van der Waals surface area contributed by atoms with Gasteiger partial charge in [-0.2, -0.15) is 0 Å². The van der Waals surface area contributed by atoms with Gasteiger partial charge in [0.2, 0.25) is 0 Å². The van der Waals surface area contributed by atoms with Gasteiger partial charge in [-0.05, 0) is 6.42 Å². The van der Waals surface area contributed by atoms with E-state index in [1.54, 1.807) is 7.11 Å². The quantitative estimate of drug-likeness (QED) is 0.635. The number of carboxylic acid groups (broad SMARTS) is 1. The number of carbonyl (C=O) groups is 1. The van der Waals surface area contributed by atoms with Crippen molar-refractivity contribution >= 4 is 5.97 Å². The Morgan fingerprint density at radius 2 is 2.30 bits per heavy atom. The number of aliphatic carboxylic acids is 1. The summed E-state index contributed by atoms with van der Waals surface area (Å²) in [5.74, 6) is -0.791. The van der Waals surface area contributed by atoms with E-state index < -0.39 is 5.97 Å². The fourth-order valence-electron chi connectivity index (χ4n) is 0.820. The molecule has 0 aliphatic rings. The topological polar surface area (TPSA) is 46.5 Å². The zero-order valence-electron chi connectivity index (χ0n) is 6.46. The van der Waals surface area contributed by atoms with Gasteiger partial charge in [0.1, 0.15) is 0 Å². The van der Waals surface area contributed by atoms with Crippen LogP contribution in [-0.2, 0) is 9.53 Å². The van der Waals surface area contributed by atoms with Gasteiger partial charge in [0.15, 0.2) is 0 Å². The second-order valence-corrected chi connectivity index (χ2v) is 2.24. The second kappa shape index (κ2) is 5.23. The molecule has 0 fully saturated rings. The van der Waals surface area contributed by atoms with Crippen LogP contribution in [0, 0.1) is 0 Å². The molecule has 0 saturated heterocycles. The summed E-state index contributed by atoms with van der Waals surface area (Å²) in [6.07, 6.45) is 1.79. The third kappa shape index (κ3) is 4.32. The van der Waals surface area contributed by atoms with Gasteiger partial charge >= 0.3 is 5.97 Å². The third-order valence-corrected chi connectivity index (χ3v) is 1.35. The lowest BCUT2D eigenvalue weighted by molar-refractivity contribution is -0.139. The molecule has 0 spiro atoms. The standard InChI is InChI=1S/C7H14O3/c1-3-4-6(10-2)5-7(8)9/h6H,3-5H2,1-2H3,(H,8,9)/t6-/m1/s1. The Morgan fingerprint density at radius 1 is 1.70 bits per heavy atom. The molecule has 0 aliphatic heterocycles. The van der Waals surface area contributed by atoms with E-state index in [1.807, 2.05) is 6.92 Å². The Labute approximate surface area is 61.0 Å². The molecule has 0 unspecified atom stereocenters. The molecular formula is C7H14O3. The molecule has 3 heteroatoms. The maximum atomic E-state index is 10.2. The number of rotatable bonds is 5. The van der Waals surface area contributed by atoms with Crippen molar-refractivity contribution < 1.29 is 14.6 Å². The number of carboxylic acids is 1. The van der Waals surface area contributed by atoms with Crippen molar-refractivity contribution in [2.45, 2.75) is 32.3 Å². The molecule has 0 aromatic carbocycles. The molecule has 0 radical (unpaired) electrons. The Balaban J connectivity index is 3.49. The van der Waals surface area contributed by atoms with E-state index >= 15 is 0 Å². The lowest BCUT2D eigenvalue weighted by atomic mass is 10.1. The van der Waals surface area contributed by atoms with Crippen LogP contribution in [0.1, 0.15) is 26.2 Å². The molecule has 0 aliphatic carbocycles. The minimum Gasteiger partial charge on any atom is -0.481 e. The van der Waals surface area contributed by atoms with Crippen molar-refractivity contribution in [3.05, 3.63) is 0 Å². The van der Waals surface area contributed by atoms with Gasteiger partial charge in [0, 0.05) is 7.11 Å². The summed E-state index contributed by atoms with van der Waals surface area (Å²) in [7, 11) is 1.54. The van der Waals surface area contributed by atoms with Crippen molar-refractivity contribution in [3.8, 4) is 0 Å². The molecule has 0 amide bonds. The largest absolute Gasteiger partial charge is 0.481 e. The van der Waals surface area contributed by atoms with E-state index in [9.17, 15) is 4.79 Å². The highest BCUT2D eigenvalue weighted by atomic mass is 16.5. The van der Waals surface area contributed by atoms with Gasteiger partial charge in [-0.1, -0.05) is 13.3 Å². The van der Waals surface area contributed by atoms with E-state index in [2.05, 4.69) is 0 Å². The van der Waals surface area contributed by atoms with E-state index in [0.717, 1.165) is 12.8 Å². The van der Waals surface area contributed by atoms with Crippen LogP contribution in [0.15, 0.2) is 0 Å². The Bertz CT molecular complexity index is 101. The lowest BCUT2D eigenvalue weighted by Crippen LogP contribution is -2.15. The zero-order valence-corrected chi connectivity index (χ0v) is 6.46. The second-order valence-electron chi connectivity index (χ2n) is 2.24. The number of hydrogen-bond acceptors (Lipinski definition) is 2. The smallest absolute Gasteiger partial charge is 0.305 e. The summed E-state index contributed by atoms with van der Waals surface area (Å²) in [5, 5.41) is 8.36. The monoisotopic (exact) mass is 146 g/mol. The molecular weight excluding hydrogens is 132 g/mol. The molecule has 0 aromatic heterocycles. The predicted molar refractivity (Wildman–Crippen MR) is 38.0 cm³/mol. The van der Waals surface area contributed by atoms with Crippen molar-refractivity contribution in [2.24, 2.45) is 0 Å². The van der Waals surface area contributed by atoms with E-state index in [-0.39, 0.29) is 12.5 Å². The first kappa shape index (κ1) is 9.43. The predicted octanol–water partition coefficient (Wildman–Crippen LogP) is 1.28. The van der Waals surface area contributed by atoms with E-state index in [4.69, 9.17) is 9.84 Å². The molecule has 0 bridgehead atoms. The Kier molecular flexibility index (Phi) is 4.94. The van der Waals surface area contributed by atoms with Crippen LogP contribution in [0.3, 0.4) is 0 Å². The van der Waals surface area contributed by atoms with Gasteiger partial charge in [-0.25, -0.2) is 0 Å². The number of hydrogen-bond donors (Lipinski definition) is 1. The van der Waals surface area contributed by atoms with Crippen LogP contribution in [-0.4, -0.2) is 24.3 Å². The summed E-state index contributed by atoms with van der Waals surface area (Å²) in [6, 6.07) is 0. The summed E-state index contributed by atoms with van der Waals surface area (Å²) in [6.45, 7) is 2.01. The van der Waals surface area contributed by atoms with Crippen LogP contribution < -0.4 is 0 Å². The van der Waals surface area contributed by atoms with Crippen LogP contribution in [0.4, 0.5) is 0 Å². The van der Waals surface area contributed by atoms with Crippen LogP contribution in [0.25, 0.3) is 0 Å². The molecule has 0 heterocycles. The SMILES string of the molecule is CCC[C@H](CC(=O)O)OC. The van der Waals surface area contributed by atoms with E-state index in [1.165, 1.54) is 0 Å². The Morgan fingerprint density at radius 3 is 2.60 bits per heavy atom. The van der Waals surface area contributed by atoms with Crippen molar-refractivity contribution in [1.82, 2.24) is 0 Å². The maximum Gasteiger partial charge on any atom is 0.305 e. The zero-order chi connectivity index (χ0) is 7.98.